The molecule has 0 spiro atoms. The van der Waals surface area contributed by atoms with Crippen LogP contribution in [-0.4, -0.2) is 27.9 Å². The Kier molecular flexibility index (Phi) is 8.81. The highest BCUT2D eigenvalue weighted by Crippen LogP contribution is 2.34. The van der Waals surface area contributed by atoms with Gasteiger partial charge in [-0.25, -0.2) is 0 Å². The molecule has 3 aromatic rings. The fourth-order valence-electron chi connectivity index (χ4n) is 3.45. The van der Waals surface area contributed by atoms with Crippen molar-refractivity contribution in [1.82, 2.24) is 0 Å². The van der Waals surface area contributed by atoms with Crippen LogP contribution in [-0.2, 0) is 16.2 Å². The number of Topliss-reactive ketones (excluding diaryl/α,β-unsaturated/α-hetero) is 1. The van der Waals surface area contributed by atoms with Gasteiger partial charge >= 0.3 is 11.9 Å². The summed E-state index contributed by atoms with van der Waals surface area (Å²) in [6.45, 7) is 2.25. The Bertz CT molecular complexity index is 1140. The topological polar surface area (TPSA) is 110 Å². The Labute approximate surface area is 201 Å². The molecule has 0 radical (unpaired) electrons. The standard InChI is InChI=1S/C26H26O7S/c1-17-4-2-3-5-20(17)23(9-11-26(30)31)33-24-14-19(32-15-18-12-13-34-16-18)6-7-21(24)22(27)8-10-25(28)29/h2-7,12-14,16,23H,8-11,15H2,1H3,(H,28,29)(H,30,31). The lowest BCUT2D eigenvalue weighted by atomic mass is 9.99. The summed E-state index contributed by atoms with van der Waals surface area (Å²) in [4.78, 5) is 35.0. The second kappa shape index (κ2) is 12.0. The molecule has 1 aromatic heterocycles. The highest BCUT2D eigenvalue weighted by molar-refractivity contribution is 7.07. The van der Waals surface area contributed by atoms with Crippen molar-refractivity contribution in [3.8, 4) is 11.5 Å². The Hall–Kier alpha value is -3.65. The molecule has 178 valence electrons. The van der Waals surface area contributed by atoms with Gasteiger partial charge in [0.25, 0.3) is 0 Å². The summed E-state index contributed by atoms with van der Waals surface area (Å²) in [5, 5.41) is 22.1. The lowest BCUT2D eigenvalue weighted by Gasteiger charge is -2.23. The molecule has 0 aliphatic heterocycles. The lowest BCUT2D eigenvalue weighted by molar-refractivity contribution is -0.138. The number of carbonyl (C=O) groups excluding carboxylic acids is 1. The quantitative estimate of drug-likeness (QED) is 0.302. The maximum atomic E-state index is 12.8. The first-order valence-corrected chi connectivity index (χ1v) is 11.7. The zero-order chi connectivity index (χ0) is 24.5. The lowest BCUT2D eigenvalue weighted by Crippen LogP contribution is -2.14. The molecule has 0 bridgehead atoms. The summed E-state index contributed by atoms with van der Waals surface area (Å²) >= 11 is 1.56. The van der Waals surface area contributed by atoms with E-state index < -0.39 is 18.0 Å². The van der Waals surface area contributed by atoms with Gasteiger partial charge in [-0.2, -0.15) is 11.3 Å². The molecule has 2 N–H and O–H groups in total. The molecule has 34 heavy (non-hydrogen) atoms. The third kappa shape index (κ3) is 7.18. The summed E-state index contributed by atoms with van der Waals surface area (Å²) in [5.74, 6) is -1.67. The van der Waals surface area contributed by atoms with Crippen LogP contribution in [0.3, 0.4) is 0 Å². The van der Waals surface area contributed by atoms with Crippen LogP contribution in [0, 0.1) is 6.92 Å². The molecule has 8 heteroatoms. The number of ketones is 1. The molecule has 1 atom stereocenters. The van der Waals surface area contributed by atoms with E-state index in [4.69, 9.17) is 14.6 Å². The number of ether oxygens (including phenoxy) is 2. The number of aryl methyl sites for hydroxylation is 1. The molecular formula is C26H26O7S. The van der Waals surface area contributed by atoms with E-state index in [1.54, 1.807) is 29.5 Å². The molecule has 1 unspecified atom stereocenters. The van der Waals surface area contributed by atoms with Gasteiger partial charge in [0.1, 0.15) is 24.2 Å². The van der Waals surface area contributed by atoms with Gasteiger partial charge in [0.05, 0.1) is 12.0 Å². The highest BCUT2D eigenvalue weighted by Gasteiger charge is 2.22. The van der Waals surface area contributed by atoms with Crippen molar-refractivity contribution in [2.24, 2.45) is 0 Å². The van der Waals surface area contributed by atoms with Crippen molar-refractivity contribution in [1.29, 1.82) is 0 Å². The van der Waals surface area contributed by atoms with Gasteiger partial charge < -0.3 is 19.7 Å². The largest absolute Gasteiger partial charge is 0.489 e. The average molecular weight is 483 g/mol. The smallest absolute Gasteiger partial charge is 0.303 e. The minimum Gasteiger partial charge on any atom is -0.489 e. The first-order chi connectivity index (χ1) is 16.3. The second-order valence-corrected chi connectivity index (χ2v) is 8.57. The number of carboxylic acid groups (broad SMARTS) is 2. The van der Waals surface area contributed by atoms with Crippen LogP contribution >= 0.6 is 11.3 Å². The normalized spacial score (nSPS) is 11.6. The number of carbonyl (C=O) groups is 3. The van der Waals surface area contributed by atoms with Gasteiger partial charge in [-0.1, -0.05) is 24.3 Å². The predicted molar refractivity (Wildman–Crippen MR) is 128 cm³/mol. The molecule has 7 nitrogen and oxygen atoms in total. The van der Waals surface area contributed by atoms with Crippen LogP contribution < -0.4 is 9.47 Å². The summed E-state index contributed by atoms with van der Waals surface area (Å²) in [7, 11) is 0. The van der Waals surface area contributed by atoms with Crippen LogP contribution in [0.15, 0.2) is 59.3 Å². The SMILES string of the molecule is Cc1ccccc1C(CCC(=O)O)Oc1cc(OCc2ccsc2)ccc1C(=O)CCC(=O)O. The van der Waals surface area contributed by atoms with E-state index in [0.29, 0.717) is 12.4 Å². The van der Waals surface area contributed by atoms with Crippen LogP contribution in [0.5, 0.6) is 11.5 Å². The third-order valence-electron chi connectivity index (χ3n) is 5.23. The minimum absolute atomic E-state index is 0.115. The van der Waals surface area contributed by atoms with Gasteiger partial charge in [0.15, 0.2) is 5.78 Å². The van der Waals surface area contributed by atoms with Crippen molar-refractivity contribution >= 4 is 29.1 Å². The number of hydrogen-bond acceptors (Lipinski definition) is 6. The minimum atomic E-state index is -1.06. The van der Waals surface area contributed by atoms with Crippen molar-refractivity contribution in [2.45, 2.75) is 45.3 Å². The number of benzene rings is 2. The average Bonchev–Trinajstić information content (AvgIpc) is 3.33. The number of aliphatic carboxylic acids is 2. The molecular weight excluding hydrogens is 456 g/mol. The fraction of sp³-hybridized carbons (Fsp3) is 0.269. The van der Waals surface area contributed by atoms with Crippen molar-refractivity contribution in [3.05, 3.63) is 81.5 Å². The monoisotopic (exact) mass is 482 g/mol. The van der Waals surface area contributed by atoms with Crippen LogP contribution in [0.4, 0.5) is 0 Å². The van der Waals surface area contributed by atoms with Gasteiger partial charge in [-0.15, -0.1) is 0 Å². The van der Waals surface area contributed by atoms with E-state index in [2.05, 4.69) is 0 Å². The van der Waals surface area contributed by atoms with Crippen LogP contribution in [0.25, 0.3) is 0 Å². The van der Waals surface area contributed by atoms with Gasteiger partial charge in [0.2, 0.25) is 0 Å². The van der Waals surface area contributed by atoms with E-state index in [0.717, 1.165) is 16.7 Å². The van der Waals surface area contributed by atoms with Gasteiger partial charge in [0, 0.05) is 18.9 Å². The Morgan fingerprint density at radius 2 is 1.74 bits per heavy atom. The van der Waals surface area contributed by atoms with E-state index >= 15 is 0 Å². The number of rotatable bonds is 13. The predicted octanol–water partition coefficient (Wildman–Crippen LogP) is 5.67. The molecule has 0 fully saturated rings. The molecule has 0 aliphatic rings. The van der Waals surface area contributed by atoms with E-state index in [1.807, 2.05) is 48.0 Å². The number of carboxylic acids is 2. The number of hydrogen-bond donors (Lipinski definition) is 2. The zero-order valence-electron chi connectivity index (χ0n) is 18.7. The number of thiophene rings is 1. The van der Waals surface area contributed by atoms with Gasteiger partial charge in [-0.05, 0) is 59.0 Å². The van der Waals surface area contributed by atoms with Crippen molar-refractivity contribution < 1.29 is 34.1 Å². The summed E-state index contributed by atoms with van der Waals surface area (Å²) in [6.07, 6.45) is -1.01. The second-order valence-electron chi connectivity index (χ2n) is 7.79. The molecule has 0 saturated heterocycles. The summed E-state index contributed by atoms with van der Waals surface area (Å²) in [5.41, 5.74) is 2.99. The summed E-state index contributed by atoms with van der Waals surface area (Å²) < 4.78 is 12.1. The first kappa shape index (κ1) is 25.0. The van der Waals surface area contributed by atoms with E-state index in [1.165, 1.54) is 0 Å². The van der Waals surface area contributed by atoms with Crippen molar-refractivity contribution in [3.63, 3.8) is 0 Å². The molecule has 0 aliphatic carbocycles. The van der Waals surface area contributed by atoms with E-state index in [-0.39, 0.29) is 42.8 Å². The molecule has 1 heterocycles. The molecule has 3 rings (SSSR count). The Morgan fingerprint density at radius 3 is 2.41 bits per heavy atom. The highest BCUT2D eigenvalue weighted by atomic mass is 32.1. The Morgan fingerprint density at radius 1 is 0.971 bits per heavy atom. The Balaban J connectivity index is 1.92. The maximum Gasteiger partial charge on any atom is 0.303 e. The van der Waals surface area contributed by atoms with E-state index in [9.17, 15) is 19.5 Å². The summed E-state index contributed by atoms with van der Waals surface area (Å²) in [6, 6.07) is 14.3. The van der Waals surface area contributed by atoms with Crippen LogP contribution in [0.2, 0.25) is 0 Å². The maximum absolute atomic E-state index is 12.8. The third-order valence-corrected chi connectivity index (χ3v) is 5.96. The first-order valence-electron chi connectivity index (χ1n) is 10.8. The van der Waals surface area contributed by atoms with Crippen LogP contribution in [0.1, 0.15) is 58.8 Å². The molecule has 0 amide bonds. The molecule has 0 saturated carbocycles. The zero-order valence-corrected chi connectivity index (χ0v) is 19.5. The fourth-order valence-corrected chi connectivity index (χ4v) is 4.10. The molecule has 2 aromatic carbocycles. The van der Waals surface area contributed by atoms with Gasteiger partial charge in [-0.3, -0.25) is 14.4 Å². The van der Waals surface area contributed by atoms with Crippen molar-refractivity contribution in [2.75, 3.05) is 0 Å².